The monoisotopic (exact) mass is 254 g/mol. The average molecular weight is 254 g/mol. The second-order valence-electron chi connectivity index (χ2n) is 2.86. The van der Waals surface area contributed by atoms with E-state index in [-0.39, 0.29) is 21.8 Å². The fraction of sp³-hybridized carbons (Fsp3) is 0.143. The molecule has 2 N–H and O–H groups in total. The van der Waals surface area contributed by atoms with Gasteiger partial charge in [-0.25, -0.2) is 9.97 Å². The van der Waals surface area contributed by atoms with Crippen molar-refractivity contribution in [3.63, 3.8) is 0 Å². The fourth-order valence-corrected chi connectivity index (χ4v) is 1.81. The second-order valence-corrected chi connectivity index (χ2v) is 3.80. The maximum absolute atomic E-state index is 10.8. The fourth-order valence-electron chi connectivity index (χ4n) is 1.02. The number of hydrogen-bond acceptors (Lipinski definition) is 9. The van der Waals surface area contributed by atoms with Gasteiger partial charge in [0.2, 0.25) is 11.7 Å². The first-order valence-electron chi connectivity index (χ1n) is 4.30. The molecule has 0 aliphatic heterocycles. The van der Waals surface area contributed by atoms with Gasteiger partial charge in [0, 0.05) is 6.92 Å². The van der Waals surface area contributed by atoms with E-state index in [0.717, 1.165) is 18.1 Å². The first-order valence-corrected chi connectivity index (χ1v) is 5.12. The molecule has 0 aliphatic carbocycles. The summed E-state index contributed by atoms with van der Waals surface area (Å²) in [6, 6.07) is 0. The van der Waals surface area contributed by atoms with Gasteiger partial charge in [0.05, 0.1) is 4.92 Å². The third-order valence-electron chi connectivity index (χ3n) is 1.69. The average Bonchev–Trinajstić information content (AvgIpc) is 2.63. The Balaban J connectivity index is 2.39. The van der Waals surface area contributed by atoms with Crippen LogP contribution in [-0.2, 0) is 0 Å². The van der Waals surface area contributed by atoms with E-state index in [0.29, 0.717) is 5.89 Å². The van der Waals surface area contributed by atoms with Crippen molar-refractivity contribution in [2.45, 2.75) is 17.2 Å². The summed E-state index contributed by atoms with van der Waals surface area (Å²) in [4.78, 5) is 17.5. The van der Waals surface area contributed by atoms with Crippen molar-refractivity contribution in [3.05, 3.63) is 22.3 Å². The van der Waals surface area contributed by atoms with Gasteiger partial charge < -0.3 is 10.2 Å². The minimum absolute atomic E-state index is 0.0613. The smallest absolute Gasteiger partial charge is 0.343 e. The Morgan fingerprint density at radius 2 is 2.24 bits per heavy atom. The van der Waals surface area contributed by atoms with Gasteiger partial charge in [0.25, 0.3) is 5.22 Å². The van der Waals surface area contributed by atoms with Crippen molar-refractivity contribution in [3.8, 4) is 0 Å². The normalized spacial score (nSPS) is 10.4. The number of rotatable bonds is 3. The van der Waals surface area contributed by atoms with Crippen LogP contribution in [0, 0.1) is 17.0 Å². The summed E-state index contributed by atoms with van der Waals surface area (Å²) in [6.45, 7) is 1.61. The standard InChI is InChI=1S/C7H6N6O3S/c1-3-11-12-7(16-3)17-6-4(13(14)15)5(8)9-2-10-6/h2H,1H3,(H2,8,9,10). The van der Waals surface area contributed by atoms with Crippen molar-refractivity contribution < 1.29 is 9.34 Å². The molecule has 0 fully saturated rings. The van der Waals surface area contributed by atoms with Gasteiger partial charge in [0.15, 0.2) is 5.03 Å². The van der Waals surface area contributed by atoms with Crippen LogP contribution in [0.3, 0.4) is 0 Å². The summed E-state index contributed by atoms with van der Waals surface area (Å²) in [5.41, 5.74) is 5.04. The van der Waals surface area contributed by atoms with Crippen LogP contribution in [0.4, 0.5) is 11.5 Å². The van der Waals surface area contributed by atoms with E-state index in [9.17, 15) is 10.1 Å². The van der Waals surface area contributed by atoms with Crippen LogP contribution in [0.1, 0.15) is 5.89 Å². The molecule has 88 valence electrons. The number of nitrogens with zero attached hydrogens (tertiary/aromatic N) is 5. The highest BCUT2D eigenvalue weighted by Crippen LogP contribution is 2.34. The number of nitrogen functional groups attached to an aromatic ring is 1. The molecule has 0 aromatic carbocycles. The van der Waals surface area contributed by atoms with Crippen LogP contribution in [0.25, 0.3) is 0 Å². The zero-order valence-electron chi connectivity index (χ0n) is 8.52. The van der Waals surface area contributed by atoms with E-state index < -0.39 is 4.92 Å². The summed E-state index contributed by atoms with van der Waals surface area (Å²) < 4.78 is 5.08. The van der Waals surface area contributed by atoms with E-state index in [2.05, 4.69) is 20.2 Å². The number of nitrogens with two attached hydrogens (primary N) is 1. The molecule has 0 unspecified atom stereocenters. The highest BCUT2D eigenvalue weighted by atomic mass is 32.2. The molecule has 2 aromatic rings. The topological polar surface area (TPSA) is 134 Å². The lowest BCUT2D eigenvalue weighted by Crippen LogP contribution is -2.01. The van der Waals surface area contributed by atoms with Crippen molar-refractivity contribution >= 4 is 23.3 Å². The van der Waals surface area contributed by atoms with Gasteiger partial charge in [-0.05, 0) is 11.8 Å². The second kappa shape index (κ2) is 4.33. The number of hydrogen-bond donors (Lipinski definition) is 1. The summed E-state index contributed by atoms with van der Waals surface area (Å²) in [5.74, 6) is 0.154. The van der Waals surface area contributed by atoms with Crippen LogP contribution in [0.15, 0.2) is 21.0 Å². The molecule has 2 rings (SSSR count). The minimum atomic E-state index is -0.652. The Bertz CT molecular complexity index is 570. The summed E-state index contributed by atoms with van der Waals surface area (Å²) in [7, 11) is 0. The van der Waals surface area contributed by atoms with E-state index in [1.54, 1.807) is 6.92 Å². The van der Waals surface area contributed by atoms with Gasteiger partial charge in [-0.3, -0.25) is 10.1 Å². The van der Waals surface area contributed by atoms with Crippen molar-refractivity contribution in [2.24, 2.45) is 0 Å². The van der Waals surface area contributed by atoms with E-state index in [4.69, 9.17) is 10.2 Å². The summed E-state index contributed by atoms with van der Waals surface area (Å²) in [5, 5.41) is 18.3. The molecule has 0 radical (unpaired) electrons. The molecule has 0 spiro atoms. The number of aromatic nitrogens is 4. The summed E-state index contributed by atoms with van der Waals surface area (Å²) >= 11 is 0.864. The molecule has 2 heterocycles. The van der Waals surface area contributed by atoms with Gasteiger partial charge in [-0.1, -0.05) is 0 Å². The van der Waals surface area contributed by atoms with Crippen molar-refractivity contribution in [2.75, 3.05) is 5.73 Å². The van der Waals surface area contributed by atoms with Crippen LogP contribution in [-0.4, -0.2) is 25.1 Å². The Morgan fingerprint density at radius 1 is 1.47 bits per heavy atom. The number of nitro groups is 1. The highest BCUT2D eigenvalue weighted by molar-refractivity contribution is 7.99. The van der Waals surface area contributed by atoms with Crippen LogP contribution >= 0.6 is 11.8 Å². The Morgan fingerprint density at radius 3 is 2.82 bits per heavy atom. The third kappa shape index (κ3) is 2.30. The van der Waals surface area contributed by atoms with Gasteiger partial charge in [0.1, 0.15) is 6.33 Å². The molecule has 10 heteroatoms. The van der Waals surface area contributed by atoms with Crippen LogP contribution < -0.4 is 5.73 Å². The molecule has 0 amide bonds. The van der Waals surface area contributed by atoms with Gasteiger partial charge >= 0.3 is 5.69 Å². The van der Waals surface area contributed by atoms with Crippen molar-refractivity contribution in [1.29, 1.82) is 0 Å². The Labute approximate surface area is 98.6 Å². The molecule has 9 nitrogen and oxygen atoms in total. The summed E-state index contributed by atoms with van der Waals surface area (Å²) in [6.07, 6.45) is 1.13. The van der Waals surface area contributed by atoms with Crippen molar-refractivity contribution in [1.82, 2.24) is 20.2 Å². The van der Waals surface area contributed by atoms with E-state index >= 15 is 0 Å². The predicted octanol–water partition coefficient (Wildman–Crippen LogP) is 0.810. The Kier molecular flexibility index (Phi) is 2.87. The SMILES string of the molecule is Cc1nnc(Sc2ncnc(N)c2[N+](=O)[O-])o1. The van der Waals surface area contributed by atoms with E-state index in [1.165, 1.54) is 0 Å². The first-order chi connectivity index (χ1) is 8.08. The molecular formula is C7H6N6O3S. The first kappa shape index (κ1) is 11.3. The molecule has 0 saturated carbocycles. The number of anilines is 1. The number of aryl methyl sites for hydroxylation is 1. The third-order valence-corrected chi connectivity index (χ3v) is 2.52. The molecule has 0 atom stereocenters. The molecule has 2 aromatic heterocycles. The maximum atomic E-state index is 10.8. The molecular weight excluding hydrogens is 248 g/mol. The lowest BCUT2D eigenvalue weighted by Gasteiger charge is -1.99. The lowest BCUT2D eigenvalue weighted by molar-refractivity contribution is -0.387. The molecule has 17 heavy (non-hydrogen) atoms. The Hall–Kier alpha value is -2.23. The predicted molar refractivity (Wildman–Crippen MR) is 56.3 cm³/mol. The largest absolute Gasteiger partial charge is 0.416 e. The molecule has 0 aliphatic rings. The van der Waals surface area contributed by atoms with Gasteiger partial charge in [-0.15, -0.1) is 10.2 Å². The van der Waals surface area contributed by atoms with Gasteiger partial charge in [-0.2, -0.15) is 0 Å². The highest BCUT2D eigenvalue weighted by Gasteiger charge is 2.23. The molecule has 0 bridgehead atoms. The quantitative estimate of drug-likeness (QED) is 0.479. The maximum Gasteiger partial charge on any atom is 0.343 e. The minimum Gasteiger partial charge on any atom is -0.416 e. The van der Waals surface area contributed by atoms with Crippen LogP contribution in [0.2, 0.25) is 0 Å². The molecule has 0 saturated heterocycles. The lowest BCUT2D eigenvalue weighted by atomic mass is 10.5. The van der Waals surface area contributed by atoms with Crippen LogP contribution in [0.5, 0.6) is 0 Å². The zero-order chi connectivity index (χ0) is 12.4. The zero-order valence-corrected chi connectivity index (χ0v) is 9.34. The van der Waals surface area contributed by atoms with E-state index in [1.807, 2.05) is 0 Å².